The molecule has 0 aromatic carbocycles. The van der Waals surface area contributed by atoms with Crippen LogP contribution in [0.4, 0.5) is 4.79 Å². The molecule has 0 radical (unpaired) electrons. The first kappa shape index (κ1) is 13.2. The molecular formula is C10H22N2O2. The summed E-state index contributed by atoms with van der Waals surface area (Å²) in [6.07, 6.45) is 0.902. The van der Waals surface area contributed by atoms with Crippen LogP contribution in [0.1, 0.15) is 34.1 Å². The van der Waals surface area contributed by atoms with Crippen LogP contribution in [0.5, 0.6) is 0 Å². The first-order chi connectivity index (χ1) is 6.41. The van der Waals surface area contributed by atoms with Gasteiger partial charge >= 0.3 is 6.03 Å². The Balaban J connectivity index is 3.86. The number of rotatable bonds is 5. The van der Waals surface area contributed by atoms with Crippen molar-refractivity contribution < 1.29 is 9.53 Å². The molecule has 14 heavy (non-hydrogen) atoms. The summed E-state index contributed by atoms with van der Waals surface area (Å²) >= 11 is 0. The second-order valence-electron chi connectivity index (χ2n) is 4.19. The van der Waals surface area contributed by atoms with E-state index >= 15 is 0 Å². The van der Waals surface area contributed by atoms with E-state index in [2.05, 4.69) is 10.6 Å². The Morgan fingerprint density at radius 2 is 2.07 bits per heavy atom. The molecule has 0 saturated carbocycles. The van der Waals surface area contributed by atoms with Gasteiger partial charge in [-0.2, -0.15) is 0 Å². The highest BCUT2D eigenvalue weighted by Gasteiger charge is 2.18. The molecule has 0 aliphatic carbocycles. The van der Waals surface area contributed by atoms with Crippen LogP contribution in [-0.4, -0.2) is 31.3 Å². The second kappa shape index (κ2) is 5.86. The summed E-state index contributed by atoms with van der Waals surface area (Å²) in [5.74, 6) is 0. The molecule has 0 aliphatic heterocycles. The van der Waals surface area contributed by atoms with Gasteiger partial charge in [-0.3, -0.25) is 0 Å². The molecule has 84 valence electrons. The largest absolute Gasteiger partial charge is 0.383 e. The fourth-order valence-corrected chi connectivity index (χ4v) is 0.947. The minimum absolute atomic E-state index is 0.0349. The third-order valence-corrected chi connectivity index (χ3v) is 2.13. The van der Waals surface area contributed by atoms with Gasteiger partial charge in [-0.15, -0.1) is 0 Å². The van der Waals surface area contributed by atoms with E-state index in [1.54, 1.807) is 7.11 Å². The molecule has 0 spiro atoms. The van der Waals surface area contributed by atoms with Crippen LogP contribution in [0.3, 0.4) is 0 Å². The number of urea groups is 1. The number of nitrogens with one attached hydrogen (secondary N) is 2. The van der Waals surface area contributed by atoms with Crippen molar-refractivity contribution in [1.29, 1.82) is 0 Å². The van der Waals surface area contributed by atoms with Gasteiger partial charge in [0.1, 0.15) is 0 Å². The zero-order chi connectivity index (χ0) is 11.2. The molecule has 4 heteroatoms. The van der Waals surface area contributed by atoms with Gasteiger partial charge in [0.15, 0.2) is 0 Å². The van der Waals surface area contributed by atoms with Gasteiger partial charge in [0, 0.05) is 12.6 Å². The van der Waals surface area contributed by atoms with E-state index in [1.807, 2.05) is 27.7 Å². The maximum Gasteiger partial charge on any atom is 0.315 e. The van der Waals surface area contributed by atoms with Crippen molar-refractivity contribution >= 4 is 6.03 Å². The summed E-state index contributed by atoms with van der Waals surface area (Å²) in [6.45, 7) is 8.46. The lowest BCUT2D eigenvalue weighted by atomic mass is 10.0. The molecule has 0 rings (SSSR count). The minimum Gasteiger partial charge on any atom is -0.383 e. The second-order valence-corrected chi connectivity index (χ2v) is 4.19. The predicted molar refractivity (Wildman–Crippen MR) is 57.4 cm³/mol. The molecule has 0 fully saturated rings. The highest BCUT2D eigenvalue weighted by atomic mass is 16.5. The molecule has 0 saturated heterocycles. The fourth-order valence-electron chi connectivity index (χ4n) is 0.947. The molecule has 2 N–H and O–H groups in total. The van der Waals surface area contributed by atoms with Crippen LogP contribution in [-0.2, 0) is 4.74 Å². The summed E-state index contributed by atoms with van der Waals surface area (Å²) in [5.41, 5.74) is -0.156. The molecule has 1 atom stereocenters. The van der Waals surface area contributed by atoms with Crippen LogP contribution in [0.15, 0.2) is 0 Å². The lowest BCUT2D eigenvalue weighted by molar-refractivity contribution is 0.169. The van der Waals surface area contributed by atoms with Crippen LogP contribution in [0.2, 0.25) is 0 Å². The zero-order valence-electron chi connectivity index (χ0n) is 9.81. The van der Waals surface area contributed by atoms with E-state index < -0.39 is 0 Å². The van der Waals surface area contributed by atoms with Crippen molar-refractivity contribution in [1.82, 2.24) is 10.6 Å². The summed E-state index contributed by atoms with van der Waals surface area (Å²) in [6, 6.07) is -0.103. The Bertz CT molecular complexity index is 181. The van der Waals surface area contributed by atoms with Crippen molar-refractivity contribution in [2.24, 2.45) is 0 Å². The van der Waals surface area contributed by atoms with Gasteiger partial charge in [-0.05, 0) is 27.2 Å². The van der Waals surface area contributed by atoms with Crippen LogP contribution in [0, 0.1) is 0 Å². The zero-order valence-corrected chi connectivity index (χ0v) is 9.81. The maximum atomic E-state index is 11.4. The molecule has 0 unspecified atom stereocenters. The number of hydrogen-bond acceptors (Lipinski definition) is 2. The number of amides is 2. The SMILES string of the molecule is CCC(C)(C)NC(=O)N[C@H](C)COC. The third-order valence-electron chi connectivity index (χ3n) is 2.13. The van der Waals surface area contributed by atoms with E-state index in [-0.39, 0.29) is 17.6 Å². The van der Waals surface area contributed by atoms with Crippen molar-refractivity contribution in [3.8, 4) is 0 Å². The molecule has 0 bridgehead atoms. The van der Waals surface area contributed by atoms with Gasteiger partial charge in [0.2, 0.25) is 0 Å². The van der Waals surface area contributed by atoms with E-state index in [4.69, 9.17) is 4.74 Å². The van der Waals surface area contributed by atoms with E-state index in [9.17, 15) is 4.79 Å². The number of ether oxygens (including phenoxy) is 1. The fraction of sp³-hybridized carbons (Fsp3) is 0.900. The Hall–Kier alpha value is -0.770. The van der Waals surface area contributed by atoms with E-state index in [0.29, 0.717) is 6.61 Å². The first-order valence-electron chi connectivity index (χ1n) is 4.99. The standard InChI is InChI=1S/C10H22N2O2/c1-6-10(3,4)12-9(13)11-8(2)7-14-5/h8H,6-7H2,1-5H3,(H2,11,12,13)/t8-/m1/s1. The minimum atomic E-state index is -0.156. The van der Waals surface area contributed by atoms with Crippen LogP contribution >= 0.6 is 0 Å². The normalized spacial score (nSPS) is 13.5. The number of methoxy groups -OCH3 is 1. The van der Waals surface area contributed by atoms with Crippen LogP contribution in [0.25, 0.3) is 0 Å². The average molecular weight is 202 g/mol. The van der Waals surface area contributed by atoms with Crippen LogP contribution < -0.4 is 10.6 Å². The molecule has 0 heterocycles. The Kier molecular flexibility index (Phi) is 5.53. The highest BCUT2D eigenvalue weighted by Crippen LogP contribution is 2.05. The lowest BCUT2D eigenvalue weighted by Gasteiger charge is -2.25. The molecule has 0 aromatic heterocycles. The van der Waals surface area contributed by atoms with Gasteiger partial charge < -0.3 is 15.4 Å². The molecule has 4 nitrogen and oxygen atoms in total. The summed E-state index contributed by atoms with van der Waals surface area (Å²) in [7, 11) is 1.62. The average Bonchev–Trinajstić information content (AvgIpc) is 2.03. The Morgan fingerprint density at radius 3 is 2.50 bits per heavy atom. The summed E-state index contributed by atoms with van der Waals surface area (Å²) in [4.78, 5) is 11.4. The van der Waals surface area contributed by atoms with Gasteiger partial charge in [-0.25, -0.2) is 4.79 Å². The van der Waals surface area contributed by atoms with Crippen molar-refractivity contribution in [3.63, 3.8) is 0 Å². The number of hydrogen-bond donors (Lipinski definition) is 2. The molecular weight excluding hydrogens is 180 g/mol. The van der Waals surface area contributed by atoms with Crippen molar-refractivity contribution in [2.45, 2.75) is 45.7 Å². The third kappa shape index (κ3) is 5.80. The first-order valence-corrected chi connectivity index (χ1v) is 4.99. The lowest BCUT2D eigenvalue weighted by Crippen LogP contribution is -2.50. The van der Waals surface area contributed by atoms with Crippen molar-refractivity contribution in [2.75, 3.05) is 13.7 Å². The van der Waals surface area contributed by atoms with E-state index in [0.717, 1.165) is 6.42 Å². The Morgan fingerprint density at radius 1 is 1.50 bits per heavy atom. The quantitative estimate of drug-likeness (QED) is 0.710. The highest BCUT2D eigenvalue weighted by molar-refractivity contribution is 5.74. The van der Waals surface area contributed by atoms with Crippen molar-refractivity contribution in [3.05, 3.63) is 0 Å². The topological polar surface area (TPSA) is 50.4 Å². The van der Waals surface area contributed by atoms with Gasteiger partial charge in [-0.1, -0.05) is 6.92 Å². The van der Waals surface area contributed by atoms with Gasteiger partial charge in [0.25, 0.3) is 0 Å². The number of carbonyl (C=O) groups excluding carboxylic acids is 1. The monoisotopic (exact) mass is 202 g/mol. The van der Waals surface area contributed by atoms with Gasteiger partial charge in [0.05, 0.1) is 12.6 Å². The summed E-state index contributed by atoms with van der Waals surface area (Å²) in [5, 5.41) is 5.69. The smallest absolute Gasteiger partial charge is 0.315 e. The summed E-state index contributed by atoms with van der Waals surface area (Å²) < 4.78 is 4.92. The Labute approximate surface area is 86.4 Å². The molecule has 0 aromatic rings. The van der Waals surface area contributed by atoms with E-state index in [1.165, 1.54) is 0 Å². The molecule has 0 aliphatic rings. The maximum absolute atomic E-state index is 11.4. The molecule has 2 amide bonds. The predicted octanol–water partition coefficient (Wildman–Crippen LogP) is 1.51. The number of carbonyl (C=O) groups is 1.